The molecule has 0 saturated carbocycles. The van der Waals surface area contributed by atoms with Crippen molar-refractivity contribution in [1.29, 1.82) is 0 Å². The molecule has 0 aromatic heterocycles. The van der Waals surface area contributed by atoms with Crippen molar-refractivity contribution in [2.75, 3.05) is 0 Å². The summed E-state index contributed by atoms with van der Waals surface area (Å²) in [5, 5.41) is 0. The third-order valence-electron chi connectivity index (χ3n) is 2.39. The van der Waals surface area contributed by atoms with Crippen LogP contribution in [0.15, 0.2) is 36.0 Å². The highest BCUT2D eigenvalue weighted by molar-refractivity contribution is 5.25. The predicted octanol–water partition coefficient (Wildman–Crippen LogP) is 3.83. The van der Waals surface area contributed by atoms with Crippen LogP contribution in [0.25, 0.3) is 0 Å². The second kappa shape index (κ2) is 6.59. The molecule has 92 valence electrons. The fraction of sp³-hybridized carbons (Fsp3) is 0.538. The number of allylic oxidation sites excluding steroid dienone is 4. The Morgan fingerprint density at radius 2 is 2.00 bits per heavy atom. The van der Waals surface area contributed by atoms with Gasteiger partial charge in [-0.3, -0.25) is 0 Å². The van der Waals surface area contributed by atoms with E-state index in [1.807, 2.05) is 19.9 Å². The SMILES string of the molecule is C=C/C(=C\C=C(/C)C(C)N)CCC(C)(F)F. The van der Waals surface area contributed by atoms with Crippen LogP contribution in [0.1, 0.15) is 33.6 Å². The average molecular weight is 229 g/mol. The predicted molar refractivity (Wildman–Crippen MR) is 65.5 cm³/mol. The summed E-state index contributed by atoms with van der Waals surface area (Å²) >= 11 is 0. The van der Waals surface area contributed by atoms with Crippen LogP contribution in [0.4, 0.5) is 8.78 Å². The fourth-order valence-corrected chi connectivity index (χ4v) is 1.01. The summed E-state index contributed by atoms with van der Waals surface area (Å²) in [5.74, 6) is -2.62. The van der Waals surface area contributed by atoms with E-state index in [0.717, 1.165) is 18.1 Å². The van der Waals surface area contributed by atoms with Gasteiger partial charge in [0.1, 0.15) is 0 Å². The lowest BCUT2D eigenvalue weighted by Crippen LogP contribution is -2.15. The molecule has 3 heteroatoms. The van der Waals surface area contributed by atoms with E-state index in [1.165, 1.54) is 0 Å². The molecule has 0 aromatic carbocycles. The summed E-state index contributed by atoms with van der Waals surface area (Å²) in [7, 11) is 0. The number of hydrogen-bond donors (Lipinski definition) is 1. The highest BCUT2D eigenvalue weighted by Gasteiger charge is 2.20. The lowest BCUT2D eigenvalue weighted by atomic mass is 10.1. The highest BCUT2D eigenvalue weighted by Crippen LogP contribution is 2.22. The molecule has 0 heterocycles. The molecule has 0 fully saturated rings. The Morgan fingerprint density at radius 1 is 1.44 bits per heavy atom. The van der Waals surface area contributed by atoms with E-state index in [0.29, 0.717) is 6.42 Å². The van der Waals surface area contributed by atoms with E-state index in [1.54, 1.807) is 12.2 Å². The van der Waals surface area contributed by atoms with Crippen molar-refractivity contribution in [2.24, 2.45) is 5.73 Å². The Morgan fingerprint density at radius 3 is 2.38 bits per heavy atom. The molecule has 1 unspecified atom stereocenters. The van der Waals surface area contributed by atoms with Gasteiger partial charge in [-0.1, -0.05) is 30.4 Å². The second-order valence-corrected chi connectivity index (χ2v) is 4.22. The summed E-state index contributed by atoms with van der Waals surface area (Å²) in [6, 6.07) is -0.0186. The third kappa shape index (κ3) is 7.35. The zero-order valence-electron chi connectivity index (χ0n) is 10.3. The summed E-state index contributed by atoms with van der Waals surface area (Å²) in [4.78, 5) is 0. The van der Waals surface area contributed by atoms with Crippen molar-refractivity contribution in [2.45, 2.75) is 45.6 Å². The number of nitrogens with two attached hydrogens (primary N) is 1. The lowest BCUT2D eigenvalue weighted by Gasteiger charge is -2.10. The minimum Gasteiger partial charge on any atom is -0.324 e. The van der Waals surface area contributed by atoms with Gasteiger partial charge in [0.25, 0.3) is 0 Å². The van der Waals surface area contributed by atoms with Crippen molar-refractivity contribution < 1.29 is 8.78 Å². The first-order valence-electron chi connectivity index (χ1n) is 5.39. The van der Waals surface area contributed by atoms with Gasteiger partial charge in [-0.2, -0.15) is 0 Å². The van der Waals surface area contributed by atoms with Crippen LogP contribution < -0.4 is 5.73 Å². The van der Waals surface area contributed by atoms with E-state index in [2.05, 4.69) is 6.58 Å². The molecule has 0 amide bonds. The van der Waals surface area contributed by atoms with Gasteiger partial charge in [-0.05, 0) is 32.8 Å². The van der Waals surface area contributed by atoms with Gasteiger partial charge in [0, 0.05) is 12.5 Å². The maximum Gasteiger partial charge on any atom is 0.245 e. The molecule has 1 nitrogen and oxygen atoms in total. The maximum atomic E-state index is 12.6. The molecule has 1 atom stereocenters. The molecule has 0 aliphatic rings. The molecule has 0 rings (SSSR count). The Bertz CT molecular complexity index is 283. The Kier molecular flexibility index (Phi) is 6.19. The van der Waals surface area contributed by atoms with Gasteiger partial charge in [0.2, 0.25) is 5.92 Å². The second-order valence-electron chi connectivity index (χ2n) is 4.22. The molecule has 2 N–H and O–H groups in total. The van der Waals surface area contributed by atoms with E-state index in [-0.39, 0.29) is 12.5 Å². The normalized spacial score (nSPS) is 16.1. The van der Waals surface area contributed by atoms with Crippen LogP contribution in [0.2, 0.25) is 0 Å². The molecule has 0 spiro atoms. The van der Waals surface area contributed by atoms with E-state index < -0.39 is 5.92 Å². The maximum absolute atomic E-state index is 12.6. The van der Waals surface area contributed by atoms with E-state index in [9.17, 15) is 8.78 Å². The quantitative estimate of drug-likeness (QED) is 0.688. The monoisotopic (exact) mass is 229 g/mol. The molecule has 0 aromatic rings. The van der Waals surface area contributed by atoms with Crippen molar-refractivity contribution in [3.05, 3.63) is 36.0 Å². The number of halogens is 2. The Balaban J connectivity index is 4.45. The minimum absolute atomic E-state index is 0.0186. The smallest absolute Gasteiger partial charge is 0.245 e. The van der Waals surface area contributed by atoms with Crippen molar-refractivity contribution in [1.82, 2.24) is 0 Å². The largest absolute Gasteiger partial charge is 0.324 e. The van der Waals surface area contributed by atoms with Crippen LogP contribution in [0, 0.1) is 0 Å². The van der Waals surface area contributed by atoms with Crippen molar-refractivity contribution in [3.8, 4) is 0 Å². The Labute approximate surface area is 96.7 Å². The molecular formula is C13H21F2N. The highest BCUT2D eigenvalue weighted by atomic mass is 19.3. The van der Waals surface area contributed by atoms with Crippen LogP contribution >= 0.6 is 0 Å². The Hall–Kier alpha value is -0.960. The van der Waals surface area contributed by atoms with Gasteiger partial charge in [0.15, 0.2) is 0 Å². The molecule has 0 bridgehead atoms. The van der Waals surface area contributed by atoms with Crippen molar-refractivity contribution in [3.63, 3.8) is 0 Å². The summed E-state index contributed by atoms with van der Waals surface area (Å²) < 4.78 is 25.3. The van der Waals surface area contributed by atoms with Crippen molar-refractivity contribution >= 4 is 0 Å². The summed E-state index contributed by atoms with van der Waals surface area (Å²) in [6.07, 6.45) is 5.44. The minimum atomic E-state index is -2.62. The molecule has 16 heavy (non-hydrogen) atoms. The first kappa shape index (κ1) is 15.0. The zero-order valence-corrected chi connectivity index (χ0v) is 10.3. The van der Waals surface area contributed by atoms with E-state index in [4.69, 9.17) is 5.73 Å². The average Bonchev–Trinajstić information content (AvgIpc) is 2.15. The van der Waals surface area contributed by atoms with Gasteiger partial charge >= 0.3 is 0 Å². The zero-order chi connectivity index (χ0) is 12.8. The number of hydrogen-bond acceptors (Lipinski definition) is 1. The first-order valence-corrected chi connectivity index (χ1v) is 5.39. The topological polar surface area (TPSA) is 26.0 Å². The molecule has 0 saturated heterocycles. The fourth-order valence-electron chi connectivity index (χ4n) is 1.01. The number of alkyl halides is 2. The van der Waals surface area contributed by atoms with Crippen LogP contribution in [0.3, 0.4) is 0 Å². The number of rotatable bonds is 6. The van der Waals surface area contributed by atoms with E-state index >= 15 is 0 Å². The van der Waals surface area contributed by atoms with Gasteiger partial charge in [-0.25, -0.2) is 8.78 Å². The first-order chi connectivity index (χ1) is 7.26. The van der Waals surface area contributed by atoms with Crippen LogP contribution in [0.5, 0.6) is 0 Å². The van der Waals surface area contributed by atoms with Gasteiger partial charge < -0.3 is 5.73 Å². The molecule has 0 radical (unpaired) electrons. The summed E-state index contributed by atoms with van der Waals surface area (Å²) in [6.45, 7) is 8.33. The van der Waals surface area contributed by atoms with Crippen LogP contribution in [-0.2, 0) is 0 Å². The summed E-state index contributed by atoms with van der Waals surface area (Å²) in [5.41, 5.74) is 7.49. The van der Waals surface area contributed by atoms with Gasteiger partial charge in [0.05, 0.1) is 0 Å². The van der Waals surface area contributed by atoms with Crippen LogP contribution in [-0.4, -0.2) is 12.0 Å². The molecular weight excluding hydrogens is 208 g/mol. The van der Waals surface area contributed by atoms with Gasteiger partial charge in [-0.15, -0.1) is 0 Å². The lowest BCUT2D eigenvalue weighted by molar-refractivity contribution is 0.0135. The molecule has 0 aliphatic heterocycles. The standard InChI is InChI=1S/C13H21F2N/c1-5-12(8-9-13(4,14)15)7-6-10(2)11(3)16/h5-7,11H,1,8-9,16H2,2-4H3/b10-6+,12-7+. The molecule has 0 aliphatic carbocycles. The third-order valence-corrected chi connectivity index (χ3v) is 2.39.